The molecule has 7 nitrogen and oxygen atoms in total. The second-order valence-electron chi connectivity index (χ2n) is 6.24. The van der Waals surface area contributed by atoms with Crippen LogP contribution in [-0.2, 0) is 11.3 Å². The molecule has 27 heavy (non-hydrogen) atoms. The van der Waals surface area contributed by atoms with Crippen LogP contribution in [-0.4, -0.2) is 20.6 Å². The minimum atomic E-state index is -0.376. The van der Waals surface area contributed by atoms with E-state index in [9.17, 15) is 9.59 Å². The van der Waals surface area contributed by atoms with Crippen molar-refractivity contribution in [1.82, 2.24) is 14.7 Å². The van der Waals surface area contributed by atoms with Gasteiger partial charge in [-0.15, -0.1) is 11.3 Å². The minimum Gasteiger partial charge on any atom is -0.360 e. The van der Waals surface area contributed by atoms with Gasteiger partial charge in [-0.25, -0.2) is 4.98 Å². The third-order valence-corrected chi connectivity index (χ3v) is 5.02. The molecule has 4 rings (SSSR count). The molecule has 0 aliphatic rings. The van der Waals surface area contributed by atoms with Crippen molar-refractivity contribution in [1.29, 1.82) is 0 Å². The molecular weight excluding hydrogens is 364 g/mol. The summed E-state index contributed by atoms with van der Waals surface area (Å²) in [6.45, 7) is 3.59. The molecule has 1 N–H and O–H groups in total. The van der Waals surface area contributed by atoms with Gasteiger partial charge in [-0.05, 0) is 19.4 Å². The first-order valence-electron chi connectivity index (χ1n) is 8.28. The molecule has 0 bridgehead atoms. The molecule has 1 aromatic carbocycles. The van der Waals surface area contributed by atoms with Crippen LogP contribution in [0, 0.1) is 13.8 Å². The number of carbonyl (C=O) groups is 1. The zero-order valence-electron chi connectivity index (χ0n) is 14.7. The Balaban J connectivity index is 1.67. The van der Waals surface area contributed by atoms with Crippen LogP contribution in [0.5, 0.6) is 0 Å². The highest BCUT2D eigenvalue weighted by Crippen LogP contribution is 2.30. The number of hydrogen-bond acceptors (Lipinski definition) is 6. The normalized spacial score (nSPS) is 11.0. The maximum atomic E-state index is 13.0. The van der Waals surface area contributed by atoms with Gasteiger partial charge in [-0.1, -0.05) is 35.0 Å². The Hall–Kier alpha value is -3.26. The van der Waals surface area contributed by atoms with E-state index in [0.717, 1.165) is 16.7 Å². The molecule has 136 valence electrons. The number of carbonyl (C=O) groups excluding carboxylic acids is 1. The highest BCUT2D eigenvalue weighted by molar-refractivity contribution is 7.17. The number of hydrogen-bond donors (Lipinski definition) is 1. The molecule has 0 radical (unpaired) electrons. The van der Waals surface area contributed by atoms with Crippen molar-refractivity contribution in [2.45, 2.75) is 20.4 Å². The Labute approximate surface area is 158 Å². The summed E-state index contributed by atoms with van der Waals surface area (Å²) in [6, 6.07) is 9.57. The van der Waals surface area contributed by atoms with Crippen molar-refractivity contribution in [2.24, 2.45) is 0 Å². The fraction of sp³-hybridized carbons (Fsp3) is 0.158. The third kappa shape index (κ3) is 3.39. The number of thiophene rings is 1. The Morgan fingerprint density at radius 1 is 1.26 bits per heavy atom. The zero-order chi connectivity index (χ0) is 19.0. The van der Waals surface area contributed by atoms with Gasteiger partial charge in [0.25, 0.3) is 5.56 Å². The number of rotatable bonds is 4. The van der Waals surface area contributed by atoms with E-state index >= 15 is 0 Å². The molecule has 0 fully saturated rings. The van der Waals surface area contributed by atoms with Crippen molar-refractivity contribution in [2.75, 3.05) is 5.32 Å². The summed E-state index contributed by atoms with van der Waals surface area (Å²) in [5.74, 6) is 0.528. The maximum absolute atomic E-state index is 13.0. The second-order valence-corrected chi connectivity index (χ2v) is 7.10. The number of benzene rings is 1. The molecule has 3 heterocycles. The van der Waals surface area contributed by atoms with Gasteiger partial charge in [0.1, 0.15) is 17.1 Å². The SMILES string of the molecule is Cc1ccc(-c2csc3ncn(CC(=O)Nc4cc(C)on4)c(=O)c23)cc1. The summed E-state index contributed by atoms with van der Waals surface area (Å²) < 4.78 is 6.22. The first-order chi connectivity index (χ1) is 13.0. The molecule has 0 aliphatic heterocycles. The lowest BCUT2D eigenvalue weighted by atomic mass is 10.1. The van der Waals surface area contributed by atoms with E-state index in [1.54, 1.807) is 13.0 Å². The lowest BCUT2D eigenvalue weighted by Crippen LogP contribution is -2.27. The highest BCUT2D eigenvalue weighted by atomic mass is 32.1. The van der Waals surface area contributed by atoms with Gasteiger partial charge in [0.15, 0.2) is 5.82 Å². The Bertz CT molecular complexity index is 1190. The van der Waals surface area contributed by atoms with Crippen LogP contribution in [0.15, 0.2) is 51.4 Å². The summed E-state index contributed by atoms with van der Waals surface area (Å²) >= 11 is 1.41. The van der Waals surface area contributed by atoms with E-state index in [1.807, 2.05) is 36.6 Å². The number of aromatic nitrogens is 3. The lowest BCUT2D eigenvalue weighted by molar-refractivity contribution is -0.116. The molecule has 0 unspecified atom stereocenters. The molecule has 1 amide bonds. The highest BCUT2D eigenvalue weighted by Gasteiger charge is 2.15. The summed E-state index contributed by atoms with van der Waals surface area (Å²) in [4.78, 5) is 30.2. The summed E-state index contributed by atoms with van der Waals surface area (Å²) in [6.07, 6.45) is 1.40. The van der Waals surface area contributed by atoms with Gasteiger partial charge in [-0.3, -0.25) is 14.2 Å². The van der Waals surface area contributed by atoms with Crippen LogP contribution in [0.25, 0.3) is 21.3 Å². The van der Waals surface area contributed by atoms with Crippen LogP contribution in [0.1, 0.15) is 11.3 Å². The molecule has 0 spiro atoms. The maximum Gasteiger partial charge on any atom is 0.263 e. The third-order valence-electron chi connectivity index (χ3n) is 4.13. The fourth-order valence-electron chi connectivity index (χ4n) is 2.79. The van der Waals surface area contributed by atoms with Crippen molar-refractivity contribution in [3.63, 3.8) is 0 Å². The summed E-state index contributed by atoms with van der Waals surface area (Å²) in [5, 5.41) is 8.77. The van der Waals surface area contributed by atoms with Gasteiger partial charge in [0, 0.05) is 17.0 Å². The molecule has 0 aliphatic carbocycles. The summed E-state index contributed by atoms with van der Waals surface area (Å²) in [5.41, 5.74) is 2.68. The number of nitrogens with zero attached hydrogens (tertiary/aromatic N) is 3. The predicted octanol–water partition coefficient (Wildman–Crippen LogP) is 3.37. The predicted molar refractivity (Wildman–Crippen MR) is 104 cm³/mol. The zero-order valence-corrected chi connectivity index (χ0v) is 15.5. The van der Waals surface area contributed by atoms with Crippen molar-refractivity contribution in [3.05, 3.63) is 63.7 Å². The molecule has 4 aromatic rings. The number of aryl methyl sites for hydroxylation is 2. The molecule has 8 heteroatoms. The van der Waals surface area contributed by atoms with Gasteiger partial charge in [0.05, 0.1) is 11.7 Å². The average Bonchev–Trinajstić information content (AvgIpc) is 3.25. The van der Waals surface area contributed by atoms with E-state index in [4.69, 9.17) is 4.52 Å². The Kier molecular flexibility index (Phi) is 4.33. The monoisotopic (exact) mass is 380 g/mol. The molecule has 0 saturated heterocycles. The minimum absolute atomic E-state index is 0.156. The Morgan fingerprint density at radius 3 is 2.74 bits per heavy atom. The van der Waals surface area contributed by atoms with E-state index in [0.29, 0.717) is 21.8 Å². The van der Waals surface area contributed by atoms with Crippen molar-refractivity contribution >= 4 is 33.3 Å². The van der Waals surface area contributed by atoms with Crippen molar-refractivity contribution < 1.29 is 9.32 Å². The second kappa shape index (κ2) is 6.81. The summed E-state index contributed by atoms with van der Waals surface area (Å²) in [7, 11) is 0. The largest absolute Gasteiger partial charge is 0.360 e. The fourth-order valence-corrected chi connectivity index (χ4v) is 3.69. The first-order valence-corrected chi connectivity index (χ1v) is 9.16. The molecular formula is C19H16N4O3S. The molecule has 0 atom stereocenters. The number of fused-ring (bicyclic) bond motifs is 1. The van der Waals surface area contributed by atoms with E-state index < -0.39 is 0 Å². The van der Waals surface area contributed by atoms with E-state index in [-0.39, 0.29) is 18.0 Å². The van der Waals surface area contributed by atoms with Crippen LogP contribution >= 0.6 is 11.3 Å². The van der Waals surface area contributed by atoms with Crippen molar-refractivity contribution in [3.8, 4) is 11.1 Å². The van der Waals surface area contributed by atoms with Crippen LogP contribution in [0.3, 0.4) is 0 Å². The van der Waals surface area contributed by atoms with Crippen LogP contribution < -0.4 is 10.9 Å². The molecule has 0 saturated carbocycles. The van der Waals surface area contributed by atoms with Gasteiger partial charge in [-0.2, -0.15) is 0 Å². The number of nitrogens with one attached hydrogen (secondary N) is 1. The number of anilines is 1. The smallest absolute Gasteiger partial charge is 0.263 e. The van der Waals surface area contributed by atoms with Gasteiger partial charge < -0.3 is 9.84 Å². The van der Waals surface area contributed by atoms with E-state index in [1.165, 1.54) is 22.2 Å². The van der Waals surface area contributed by atoms with E-state index in [2.05, 4.69) is 15.5 Å². The first kappa shape index (κ1) is 17.2. The van der Waals surface area contributed by atoms with Crippen LogP contribution in [0.4, 0.5) is 5.82 Å². The Morgan fingerprint density at radius 2 is 2.04 bits per heavy atom. The topological polar surface area (TPSA) is 90.0 Å². The van der Waals surface area contributed by atoms with Crippen LogP contribution in [0.2, 0.25) is 0 Å². The lowest BCUT2D eigenvalue weighted by Gasteiger charge is -2.06. The quantitative estimate of drug-likeness (QED) is 0.586. The van der Waals surface area contributed by atoms with Gasteiger partial charge >= 0.3 is 0 Å². The standard InChI is InChI=1S/C19H16N4O3S/c1-11-3-5-13(6-4-11)14-9-27-18-17(14)19(25)23(10-20-18)8-16(24)21-15-7-12(2)26-22-15/h3-7,9-10H,8H2,1-2H3,(H,21,22,24). The van der Waals surface area contributed by atoms with Gasteiger partial charge in [0.2, 0.25) is 5.91 Å². The number of amides is 1. The average molecular weight is 380 g/mol. The molecule has 3 aromatic heterocycles.